The van der Waals surface area contributed by atoms with Gasteiger partial charge in [-0.15, -0.1) is 0 Å². The van der Waals surface area contributed by atoms with Gasteiger partial charge in [-0.1, -0.05) is 53.5 Å². The highest BCUT2D eigenvalue weighted by atomic mass is 35.5. The second-order valence-corrected chi connectivity index (χ2v) is 9.60. The van der Waals surface area contributed by atoms with E-state index < -0.39 is 37.2 Å². The average Bonchev–Trinajstić information content (AvgIpc) is 3.02. The Kier molecular flexibility index (Phi) is 5.94. The van der Waals surface area contributed by atoms with Crippen LogP contribution in [0.25, 0.3) is 10.9 Å². The zero-order valence-electron chi connectivity index (χ0n) is 16.5. The van der Waals surface area contributed by atoms with Crippen molar-refractivity contribution in [3.8, 4) is 0 Å². The molecule has 0 radical (unpaired) electrons. The fourth-order valence-corrected chi connectivity index (χ4v) is 4.85. The summed E-state index contributed by atoms with van der Waals surface area (Å²) in [6.45, 7) is 0.339. The molecule has 4 aromatic rings. The van der Waals surface area contributed by atoms with Gasteiger partial charge in [0.2, 0.25) is 0 Å². The van der Waals surface area contributed by atoms with Crippen LogP contribution in [0.5, 0.6) is 0 Å². The van der Waals surface area contributed by atoms with Crippen LogP contribution in [0.1, 0.15) is 11.1 Å². The van der Waals surface area contributed by atoms with Crippen molar-refractivity contribution in [2.75, 3.05) is 4.72 Å². The molecular formula is C21H14Cl2F3N3O3S. The SMILES string of the molecule is O=c1[nH]n(Cc2ccccc2)c2cc(Cl)c(NS(=O)(=O)c3ccc(Cl)c(C(F)(F)F)c3)cc12. The number of nitrogens with zero attached hydrogens (tertiary/aromatic N) is 1. The van der Waals surface area contributed by atoms with Crippen LogP contribution in [0.3, 0.4) is 0 Å². The van der Waals surface area contributed by atoms with Crippen LogP contribution in [0, 0.1) is 0 Å². The minimum absolute atomic E-state index is 0.0445. The number of hydrogen-bond acceptors (Lipinski definition) is 3. The summed E-state index contributed by atoms with van der Waals surface area (Å²) in [6.07, 6.45) is -4.84. The molecular weight excluding hydrogens is 502 g/mol. The van der Waals surface area contributed by atoms with Crippen LogP contribution in [-0.4, -0.2) is 18.2 Å². The second-order valence-electron chi connectivity index (χ2n) is 7.11. The summed E-state index contributed by atoms with van der Waals surface area (Å²) in [5.74, 6) is 0. The fraction of sp³-hybridized carbons (Fsp3) is 0.0952. The van der Waals surface area contributed by atoms with Gasteiger partial charge >= 0.3 is 6.18 Å². The molecule has 0 spiro atoms. The summed E-state index contributed by atoms with van der Waals surface area (Å²) in [5.41, 5.74) is -0.583. The molecule has 0 saturated carbocycles. The predicted octanol–water partition coefficient (Wildman–Crippen LogP) is 5.50. The van der Waals surface area contributed by atoms with Gasteiger partial charge in [0, 0.05) is 0 Å². The number of fused-ring (bicyclic) bond motifs is 1. The van der Waals surface area contributed by atoms with E-state index in [0.717, 1.165) is 17.7 Å². The van der Waals surface area contributed by atoms with Gasteiger partial charge in [-0.2, -0.15) is 13.2 Å². The van der Waals surface area contributed by atoms with Gasteiger partial charge in [-0.3, -0.25) is 19.3 Å². The number of benzene rings is 3. The normalized spacial score (nSPS) is 12.3. The number of sulfonamides is 1. The number of aromatic amines is 1. The van der Waals surface area contributed by atoms with E-state index in [1.54, 1.807) is 4.68 Å². The smallest absolute Gasteiger partial charge is 0.280 e. The van der Waals surface area contributed by atoms with Crippen molar-refractivity contribution in [3.05, 3.63) is 92.2 Å². The minimum Gasteiger partial charge on any atom is -0.280 e. The Hall–Kier alpha value is -2.95. The highest BCUT2D eigenvalue weighted by Crippen LogP contribution is 2.36. The average molecular weight is 516 g/mol. The van der Waals surface area contributed by atoms with Crippen LogP contribution in [0.2, 0.25) is 10.0 Å². The maximum absolute atomic E-state index is 13.1. The summed E-state index contributed by atoms with van der Waals surface area (Å²) < 4.78 is 68.6. The molecule has 12 heteroatoms. The molecule has 1 aromatic heterocycles. The highest BCUT2D eigenvalue weighted by molar-refractivity contribution is 7.92. The first-order valence-corrected chi connectivity index (χ1v) is 11.6. The van der Waals surface area contributed by atoms with E-state index in [-0.39, 0.29) is 16.1 Å². The molecule has 33 heavy (non-hydrogen) atoms. The molecule has 3 aromatic carbocycles. The number of aromatic nitrogens is 2. The number of rotatable bonds is 5. The van der Waals surface area contributed by atoms with Crippen molar-refractivity contribution in [1.82, 2.24) is 9.78 Å². The van der Waals surface area contributed by atoms with Crippen LogP contribution in [0.4, 0.5) is 18.9 Å². The quantitative estimate of drug-likeness (QED) is 0.367. The van der Waals surface area contributed by atoms with E-state index in [1.165, 1.54) is 12.1 Å². The number of anilines is 1. The Morgan fingerprint density at radius 3 is 2.33 bits per heavy atom. The molecule has 0 bridgehead atoms. The van der Waals surface area contributed by atoms with E-state index >= 15 is 0 Å². The molecule has 0 fully saturated rings. The predicted molar refractivity (Wildman–Crippen MR) is 120 cm³/mol. The van der Waals surface area contributed by atoms with Crippen LogP contribution in [0.15, 0.2) is 70.4 Å². The lowest BCUT2D eigenvalue weighted by Gasteiger charge is -2.13. The first-order chi connectivity index (χ1) is 15.5. The number of nitrogens with one attached hydrogen (secondary N) is 2. The molecule has 0 aliphatic rings. The summed E-state index contributed by atoms with van der Waals surface area (Å²) in [4.78, 5) is 11.8. The Morgan fingerprint density at radius 2 is 1.67 bits per heavy atom. The molecule has 0 unspecified atom stereocenters. The van der Waals surface area contributed by atoms with Crippen molar-refractivity contribution in [2.24, 2.45) is 0 Å². The van der Waals surface area contributed by atoms with E-state index in [1.807, 2.05) is 30.3 Å². The number of H-pyrrole nitrogens is 1. The maximum atomic E-state index is 13.1. The van der Waals surface area contributed by atoms with Crippen LogP contribution >= 0.6 is 23.2 Å². The summed E-state index contributed by atoms with van der Waals surface area (Å²) >= 11 is 11.8. The fourth-order valence-electron chi connectivity index (χ4n) is 3.27. The third-order valence-electron chi connectivity index (χ3n) is 4.84. The largest absolute Gasteiger partial charge is 0.417 e. The molecule has 1 heterocycles. The second kappa shape index (κ2) is 8.44. The highest BCUT2D eigenvalue weighted by Gasteiger charge is 2.34. The summed E-state index contributed by atoms with van der Waals surface area (Å²) in [7, 11) is -4.47. The molecule has 6 nitrogen and oxygen atoms in total. The van der Waals surface area contributed by atoms with Crippen molar-refractivity contribution < 1.29 is 21.6 Å². The van der Waals surface area contributed by atoms with Gasteiger partial charge in [-0.05, 0) is 35.9 Å². The van der Waals surface area contributed by atoms with Crippen molar-refractivity contribution in [3.63, 3.8) is 0 Å². The Balaban J connectivity index is 1.72. The van der Waals surface area contributed by atoms with Crippen LogP contribution < -0.4 is 10.3 Å². The van der Waals surface area contributed by atoms with Gasteiger partial charge in [-0.25, -0.2) is 8.42 Å². The lowest BCUT2D eigenvalue weighted by atomic mass is 10.2. The van der Waals surface area contributed by atoms with Gasteiger partial charge in [0.1, 0.15) is 0 Å². The molecule has 2 N–H and O–H groups in total. The molecule has 0 aliphatic heterocycles. The summed E-state index contributed by atoms with van der Waals surface area (Å²) in [6, 6.07) is 14.1. The number of hydrogen-bond donors (Lipinski definition) is 2. The number of alkyl halides is 3. The Morgan fingerprint density at radius 1 is 0.970 bits per heavy atom. The maximum Gasteiger partial charge on any atom is 0.417 e. The third kappa shape index (κ3) is 4.73. The lowest BCUT2D eigenvalue weighted by molar-refractivity contribution is -0.137. The van der Waals surface area contributed by atoms with Crippen molar-refractivity contribution in [2.45, 2.75) is 17.6 Å². The van der Waals surface area contributed by atoms with E-state index in [9.17, 15) is 26.4 Å². The zero-order chi connectivity index (χ0) is 24.0. The molecule has 0 atom stereocenters. The Labute approximate surface area is 195 Å². The van der Waals surface area contributed by atoms with E-state index in [2.05, 4.69) is 9.82 Å². The zero-order valence-corrected chi connectivity index (χ0v) is 18.8. The van der Waals surface area contributed by atoms with Crippen molar-refractivity contribution in [1.29, 1.82) is 0 Å². The topological polar surface area (TPSA) is 84.0 Å². The van der Waals surface area contributed by atoms with Gasteiger partial charge in [0.25, 0.3) is 15.6 Å². The Bertz CT molecular complexity index is 1520. The molecule has 0 saturated heterocycles. The monoisotopic (exact) mass is 515 g/mol. The van der Waals surface area contributed by atoms with Crippen molar-refractivity contribution >= 4 is 49.8 Å². The van der Waals surface area contributed by atoms with Gasteiger partial charge in [0.05, 0.1) is 43.6 Å². The first-order valence-electron chi connectivity index (χ1n) is 9.31. The van der Waals surface area contributed by atoms with Gasteiger partial charge < -0.3 is 0 Å². The molecule has 4 rings (SSSR count). The summed E-state index contributed by atoms with van der Waals surface area (Å²) in [5, 5.41) is 2.14. The molecule has 0 amide bonds. The third-order valence-corrected chi connectivity index (χ3v) is 6.84. The molecule has 0 aliphatic carbocycles. The van der Waals surface area contributed by atoms with E-state index in [0.29, 0.717) is 18.1 Å². The first kappa shape index (κ1) is 23.2. The number of halogens is 5. The van der Waals surface area contributed by atoms with Gasteiger partial charge in [0.15, 0.2) is 0 Å². The molecule has 172 valence electrons. The minimum atomic E-state index is -4.84. The van der Waals surface area contributed by atoms with E-state index in [4.69, 9.17) is 23.2 Å². The lowest BCUT2D eigenvalue weighted by Crippen LogP contribution is -2.15. The standard InChI is InChI=1S/C21H14Cl2F3N3O3S/c22-16-7-6-13(8-15(16)21(24,25)26)33(31,32)28-18-9-14-19(10-17(18)23)29(27-20(14)30)11-12-4-2-1-3-5-12/h1-10,28H,11H2,(H,27,30). The van der Waals surface area contributed by atoms with Crippen LogP contribution in [-0.2, 0) is 22.7 Å².